The summed E-state index contributed by atoms with van der Waals surface area (Å²) in [7, 11) is 4.68. The number of aromatic nitrogens is 2. The van der Waals surface area contributed by atoms with Crippen molar-refractivity contribution in [2.75, 3.05) is 39.3 Å². The zero-order valence-electron chi connectivity index (χ0n) is 14.6. The van der Waals surface area contributed by atoms with Gasteiger partial charge in [0.05, 0.1) is 32.6 Å². The molecular formula is C17H22N4O4. The Morgan fingerprint density at radius 1 is 1.20 bits per heavy atom. The van der Waals surface area contributed by atoms with Gasteiger partial charge in [0, 0.05) is 13.1 Å². The second kappa shape index (κ2) is 7.00. The van der Waals surface area contributed by atoms with Crippen LogP contribution in [-0.2, 0) is 4.79 Å². The molecular weight excluding hydrogens is 324 g/mol. The Morgan fingerprint density at radius 3 is 2.60 bits per heavy atom. The lowest BCUT2D eigenvalue weighted by atomic mass is 9.97. The van der Waals surface area contributed by atoms with Crippen LogP contribution in [0.1, 0.15) is 12.8 Å². The lowest BCUT2D eigenvalue weighted by molar-refractivity contribution is -0.122. The molecule has 0 bridgehead atoms. The third-order valence-electron chi connectivity index (χ3n) is 4.53. The Kier molecular flexibility index (Phi) is 4.78. The van der Waals surface area contributed by atoms with Crippen molar-refractivity contribution in [1.29, 1.82) is 0 Å². The van der Waals surface area contributed by atoms with Crippen LogP contribution in [-0.4, -0.2) is 50.3 Å². The van der Waals surface area contributed by atoms with Crippen LogP contribution in [0.15, 0.2) is 12.4 Å². The Bertz CT molecular complexity index is 796. The summed E-state index contributed by atoms with van der Waals surface area (Å²) in [5, 5.41) is 0.780. The first-order valence-electron chi connectivity index (χ1n) is 8.08. The van der Waals surface area contributed by atoms with Crippen molar-refractivity contribution in [3.05, 3.63) is 12.4 Å². The second-order valence-corrected chi connectivity index (χ2v) is 5.93. The molecule has 0 spiro atoms. The molecule has 1 aliphatic heterocycles. The van der Waals surface area contributed by atoms with E-state index in [-0.39, 0.29) is 11.8 Å². The number of methoxy groups -OCH3 is 3. The quantitative estimate of drug-likeness (QED) is 0.872. The van der Waals surface area contributed by atoms with Crippen LogP contribution in [0.25, 0.3) is 10.9 Å². The van der Waals surface area contributed by atoms with E-state index in [1.807, 2.05) is 6.07 Å². The molecule has 1 aromatic carbocycles. The molecule has 8 heteroatoms. The minimum atomic E-state index is -0.278. The van der Waals surface area contributed by atoms with Gasteiger partial charge >= 0.3 is 0 Å². The van der Waals surface area contributed by atoms with E-state index in [4.69, 9.17) is 19.9 Å². The fraction of sp³-hybridized carbons (Fsp3) is 0.471. The van der Waals surface area contributed by atoms with Crippen LogP contribution in [0.2, 0.25) is 0 Å². The number of primary amides is 1. The molecule has 8 nitrogen and oxygen atoms in total. The largest absolute Gasteiger partial charge is 0.493 e. The van der Waals surface area contributed by atoms with Gasteiger partial charge in [0.25, 0.3) is 0 Å². The number of carbonyl (C=O) groups excluding carboxylic acids is 1. The van der Waals surface area contributed by atoms with E-state index in [0.29, 0.717) is 29.3 Å². The number of nitrogens with zero attached hydrogens (tertiary/aromatic N) is 3. The minimum Gasteiger partial charge on any atom is -0.493 e. The predicted molar refractivity (Wildman–Crippen MR) is 93.3 cm³/mol. The summed E-state index contributed by atoms with van der Waals surface area (Å²) >= 11 is 0. The number of ether oxygens (including phenoxy) is 3. The van der Waals surface area contributed by atoms with Crippen LogP contribution in [0, 0.1) is 5.92 Å². The lowest BCUT2D eigenvalue weighted by Crippen LogP contribution is -2.41. The Balaban J connectivity index is 2.15. The monoisotopic (exact) mass is 346 g/mol. The van der Waals surface area contributed by atoms with Gasteiger partial charge in [-0.2, -0.15) is 0 Å². The van der Waals surface area contributed by atoms with Crippen molar-refractivity contribution < 1.29 is 19.0 Å². The van der Waals surface area contributed by atoms with Gasteiger partial charge in [-0.3, -0.25) is 4.79 Å². The summed E-state index contributed by atoms with van der Waals surface area (Å²) in [5.41, 5.74) is 6.13. The average Bonchev–Trinajstić information content (AvgIpc) is 2.65. The van der Waals surface area contributed by atoms with E-state index in [1.165, 1.54) is 6.33 Å². The molecule has 25 heavy (non-hydrogen) atoms. The molecule has 134 valence electrons. The standard InChI is InChI=1S/C17H22N4O4/c1-23-12-7-11-13(15(25-3)14(12)24-2)19-9-20-17(11)21-6-4-5-10(8-21)16(18)22/h7,9-10H,4-6,8H2,1-3H3,(H2,18,22). The third kappa shape index (κ3) is 2.99. The van der Waals surface area contributed by atoms with Crippen molar-refractivity contribution >= 4 is 22.6 Å². The number of anilines is 1. The highest BCUT2D eigenvalue weighted by molar-refractivity contribution is 5.97. The molecule has 0 radical (unpaired) electrons. The van der Waals surface area contributed by atoms with Gasteiger partial charge in [0.1, 0.15) is 17.7 Å². The molecule has 2 N–H and O–H groups in total. The molecule has 1 unspecified atom stereocenters. The fourth-order valence-electron chi connectivity index (χ4n) is 3.30. The highest BCUT2D eigenvalue weighted by Crippen LogP contribution is 2.44. The van der Waals surface area contributed by atoms with E-state index < -0.39 is 0 Å². The topological polar surface area (TPSA) is 99.8 Å². The van der Waals surface area contributed by atoms with Gasteiger partial charge < -0.3 is 24.8 Å². The Morgan fingerprint density at radius 2 is 1.96 bits per heavy atom. The van der Waals surface area contributed by atoms with Gasteiger partial charge in [-0.15, -0.1) is 0 Å². The predicted octanol–water partition coefficient (Wildman–Crippen LogP) is 1.36. The number of fused-ring (bicyclic) bond motifs is 1. The molecule has 0 aliphatic carbocycles. The number of amides is 1. The maximum absolute atomic E-state index is 11.6. The molecule has 1 atom stereocenters. The minimum absolute atomic E-state index is 0.180. The van der Waals surface area contributed by atoms with Crippen molar-refractivity contribution in [2.24, 2.45) is 11.7 Å². The van der Waals surface area contributed by atoms with Gasteiger partial charge in [-0.1, -0.05) is 0 Å². The molecule has 1 fully saturated rings. The number of piperidine rings is 1. The maximum atomic E-state index is 11.6. The number of carbonyl (C=O) groups is 1. The van der Waals surface area contributed by atoms with Gasteiger partial charge in [-0.05, 0) is 18.9 Å². The van der Waals surface area contributed by atoms with Gasteiger partial charge in [-0.25, -0.2) is 9.97 Å². The number of hydrogen-bond acceptors (Lipinski definition) is 7. The Labute approximate surface area is 145 Å². The summed E-state index contributed by atoms with van der Waals surface area (Å²) in [5.74, 6) is 1.78. The number of nitrogens with two attached hydrogens (primary N) is 1. The SMILES string of the molecule is COc1cc2c(N3CCCC(C(N)=O)C3)ncnc2c(OC)c1OC. The summed E-state index contributed by atoms with van der Waals surface area (Å²) in [6, 6.07) is 1.83. The second-order valence-electron chi connectivity index (χ2n) is 5.93. The lowest BCUT2D eigenvalue weighted by Gasteiger charge is -2.32. The third-order valence-corrected chi connectivity index (χ3v) is 4.53. The average molecular weight is 346 g/mol. The highest BCUT2D eigenvalue weighted by Gasteiger charge is 2.27. The van der Waals surface area contributed by atoms with Gasteiger partial charge in [0.15, 0.2) is 11.5 Å². The van der Waals surface area contributed by atoms with Crippen LogP contribution in [0.4, 0.5) is 5.82 Å². The van der Waals surface area contributed by atoms with E-state index in [1.54, 1.807) is 21.3 Å². The fourth-order valence-corrected chi connectivity index (χ4v) is 3.30. The number of rotatable bonds is 5. The molecule has 3 rings (SSSR count). The van der Waals surface area contributed by atoms with Crippen molar-refractivity contribution in [3.63, 3.8) is 0 Å². The Hall–Kier alpha value is -2.77. The van der Waals surface area contributed by atoms with Crippen molar-refractivity contribution in [1.82, 2.24) is 9.97 Å². The van der Waals surface area contributed by atoms with E-state index >= 15 is 0 Å². The normalized spacial score (nSPS) is 17.4. The van der Waals surface area contributed by atoms with E-state index in [2.05, 4.69) is 14.9 Å². The summed E-state index contributed by atoms with van der Waals surface area (Å²) in [4.78, 5) is 22.4. The molecule has 1 aromatic heterocycles. The van der Waals surface area contributed by atoms with Crippen LogP contribution in [0.3, 0.4) is 0 Å². The van der Waals surface area contributed by atoms with E-state index in [9.17, 15) is 4.79 Å². The van der Waals surface area contributed by atoms with Crippen molar-refractivity contribution in [3.8, 4) is 17.2 Å². The molecule has 1 saturated heterocycles. The zero-order valence-corrected chi connectivity index (χ0v) is 14.6. The number of hydrogen-bond donors (Lipinski definition) is 1. The highest BCUT2D eigenvalue weighted by atomic mass is 16.5. The van der Waals surface area contributed by atoms with Crippen molar-refractivity contribution in [2.45, 2.75) is 12.8 Å². The van der Waals surface area contributed by atoms with Crippen LogP contribution in [0.5, 0.6) is 17.2 Å². The molecule has 1 aliphatic rings. The molecule has 2 aromatic rings. The molecule has 1 amide bonds. The first-order chi connectivity index (χ1) is 12.1. The van der Waals surface area contributed by atoms with Crippen LogP contribution < -0.4 is 24.8 Å². The number of benzene rings is 1. The first-order valence-corrected chi connectivity index (χ1v) is 8.08. The summed E-state index contributed by atoms with van der Waals surface area (Å²) < 4.78 is 16.4. The summed E-state index contributed by atoms with van der Waals surface area (Å²) in [6.45, 7) is 1.34. The van der Waals surface area contributed by atoms with E-state index in [0.717, 1.165) is 30.6 Å². The molecule has 0 saturated carbocycles. The smallest absolute Gasteiger partial charge is 0.222 e. The summed E-state index contributed by atoms with van der Waals surface area (Å²) in [6.07, 6.45) is 3.17. The zero-order chi connectivity index (χ0) is 18.0. The molecule has 2 heterocycles. The van der Waals surface area contributed by atoms with Crippen LogP contribution >= 0.6 is 0 Å². The first kappa shape index (κ1) is 17.1. The maximum Gasteiger partial charge on any atom is 0.222 e. The van der Waals surface area contributed by atoms with Gasteiger partial charge in [0.2, 0.25) is 11.7 Å².